The zero-order chi connectivity index (χ0) is 17.8. The van der Waals surface area contributed by atoms with Crippen LogP contribution < -0.4 is 4.90 Å². The first-order valence-corrected chi connectivity index (χ1v) is 8.76. The highest BCUT2D eigenvalue weighted by atomic mass is 19.1. The fourth-order valence-electron chi connectivity index (χ4n) is 3.24. The summed E-state index contributed by atoms with van der Waals surface area (Å²) < 4.78 is 14.9. The molecule has 0 aliphatic carbocycles. The molecule has 2 aromatic heterocycles. The highest BCUT2D eigenvalue weighted by Crippen LogP contribution is 2.14. The largest absolute Gasteiger partial charge is 0.338 e. The molecule has 26 heavy (non-hydrogen) atoms. The molecule has 1 aliphatic rings. The summed E-state index contributed by atoms with van der Waals surface area (Å²) in [6.07, 6.45) is 6.22. The van der Waals surface area contributed by atoms with E-state index in [1.165, 1.54) is 23.5 Å². The van der Waals surface area contributed by atoms with Crippen molar-refractivity contribution in [2.75, 3.05) is 31.1 Å². The number of aromatic nitrogens is 4. The maximum absolute atomic E-state index is 13.0. The Morgan fingerprint density at radius 2 is 1.65 bits per heavy atom. The molecule has 0 N–H and O–H groups in total. The van der Waals surface area contributed by atoms with Crippen molar-refractivity contribution in [1.82, 2.24) is 24.6 Å². The number of halogens is 1. The minimum absolute atomic E-state index is 0.401. The molecule has 0 bridgehead atoms. The molecule has 0 radical (unpaired) electrons. The van der Waals surface area contributed by atoms with E-state index in [2.05, 4.69) is 49.1 Å². The molecule has 0 spiro atoms. The first-order valence-electron chi connectivity index (χ1n) is 8.76. The summed E-state index contributed by atoms with van der Waals surface area (Å²) in [5, 5.41) is 4.26. The van der Waals surface area contributed by atoms with Gasteiger partial charge in [0.25, 0.3) is 0 Å². The number of rotatable bonds is 5. The summed E-state index contributed by atoms with van der Waals surface area (Å²) >= 11 is 0. The van der Waals surface area contributed by atoms with Crippen LogP contribution in [0.4, 0.5) is 10.3 Å². The molecule has 3 aromatic rings. The predicted octanol–water partition coefficient (Wildman–Crippen LogP) is 2.18. The van der Waals surface area contributed by atoms with Crippen LogP contribution in [0.5, 0.6) is 0 Å². The van der Waals surface area contributed by atoms with Crippen LogP contribution in [-0.4, -0.2) is 50.8 Å². The minimum atomic E-state index is -0.401. The van der Waals surface area contributed by atoms with E-state index in [1.807, 2.05) is 16.9 Å². The fraction of sp³-hybridized carbons (Fsp3) is 0.316. The van der Waals surface area contributed by atoms with E-state index in [-0.39, 0.29) is 0 Å². The second-order valence-corrected chi connectivity index (χ2v) is 6.49. The van der Waals surface area contributed by atoms with Crippen molar-refractivity contribution in [1.29, 1.82) is 0 Å². The third-order valence-electron chi connectivity index (χ3n) is 4.56. The van der Waals surface area contributed by atoms with E-state index in [0.29, 0.717) is 5.95 Å². The topological polar surface area (TPSA) is 50.1 Å². The van der Waals surface area contributed by atoms with Gasteiger partial charge in [-0.25, -0.2) is 14.4 Å². The van der Waals surface area contributed by atoms with Gasteiger partial charge in [-0.15, -0.1) is 0 Å². The smallest absolute Gasteiger partial charge is 0.225 e. The molecule has 6 nitrogen and oxygen atoms in total. The molecule has 1 saturated heterocycles. The molecular weight excluding hydrogens is 331 g/mol. The standard InChI is InChI=1S/C19H21FN6/c20-18-12-21-19(22-13-18)25-9-7-24(8-10-25)14-16-3-1-4-17(11-16)15-26-6-2-5-23-26/h1-6,11-13H,7-10,14-15H2. The predicted molar refractivity (Wildman–Crippen MR) is 97.3 cm³/mol. The number of benzene rings is 1. The molecule has 1 fully saturated rings. The van der Waals surface area contributed by atoms with Crippen molar-refractivity contribution in [3.8, 4) is 0 Å². The van der Waals surface area contributed by atoms with Crippen LogP contribution in [0.2, 0.25) is 0 Å². The molecule has 134 valence electrons. The van der Waals surface area contributed by atoms with Crippen LogP contribution in [0.15, 0.2) is 55.1 Å². The van der Waals surface area contributed by atoms with Crippen molar-refractivity contribution in [3.05, 3.63) is 72.1 Å². The van der Waals surface area contributed by atoms with Crippen molar-refractivity contribution < 1.29 is 4.39 Å². The molecule has 0 amide bonds. The lowest BCUT2D eigenvalue weighted by molar-refractivity contribution is 0.248. The Hall–Kier alpha value is -2.80. The Morgan fingerprint density at radius 3 is 2.35 bits per heavy atom. The van der Waals surface area contributed by atoms with Crippen molar-refractivity contribution in [2.45, 2.75) is 13.1 Å². The zero-order valence-corrected chi connectivity index (χ0v) is 14.5. The van der Waals surface area contributed by atoms with Gasteiger partial charge in [0.2, 0.25) is 5.95 Å². The van der Waals surface area contributed by atoms with E-state index >= 15 is 0 Å². The maximum atomic E-state index is 13.0. The second kappa shape index (κ2) is 7.61. The highest BCUT2D eigenvalue weighted by Gasteiger charge is 2.19. The average molecular weight is 352 g/mol. The molecule has 1 aromatic carbocycles. The van der Waals surface area contributed by atoms with Crippen LogP contribution >= 0.6 is 0 Å². The van der Waals surface area contributed by atoms with Gasteiger partial charge in [0, 0.05) is 45.1 Å². The lowest BCUT2D eigenvalue weighted by atomic mass is 10.1. The second-order valence-electron chi connectivity index (χ2n) is 6.49. The minimum Gasteiger partial charge on any atom is -0.338 e. The average Bonchev–Trinajstić information content (AvgIpc) is 3.16. The SMILES string of the molecule is Fc1cnc(N2CCN(Cc3cccc(Cn4cccn4)c3)CC2)nc1. The first kappa shape index (κ1) is 16.7. The zero-order valence-electron chi connectivity index (χ0n) is 14.5. The first-order chi connectivity index (χ1) is 12.8. The van der Waals surface area contributed by atoms with Gasteiger partial charge in [0.05, 0.1) is 18.9 Å². The van der Waals surface area contributed by atoms with Crippen LogP contribution in [0.25, 0.3) is 0 Å². The quantitative estimate of drug-likeness (QED) is 0.704. The van der Waals surface area contributed by atoms with E-state index in [4.69, 9.17) is 0 Å². The summed E-state index contributed by atoms with van der Waals surface area (Å²) in [7, 11) is 0. The number of hydrogen-bond donors (Lipinski definition) is 0. The number of piperazine rings is 1. The fourth-order valence-corrected chi connectivity index (χ4v) is 3.24. The molecule has 0 unspecified atom stereocenters. The molecule has 3 heterocycles. The van der Waals surface area contributed by atoms with E-state index < -0.39 is 5.82 Å². The van der Waals surface area contributed by atoms with Crippen LogP contribution in [0.3, 0.4) is 0 Å². The summed E-state index contributed by atoms with van der Waals surface area (Å²) in [5.74, 6) is 0.203. The van der Waals surface area contributed by atoms with Crippen molar-refractivity contribution in [2.24, 2.45) is 0 Å². The Labute approximate surface area is 151 Å². The maximum Gasteiger partial charge on any atom is 0.225 e. The van der Waals surface area contributed by atoms with Gasteiger partial charge < -0.3 is 4.90 Å². The van der Waals surface area contributed by atoms with Crippen molar-refractivity contribution >= 4 is 5.95 Å². The van der Waals surface area contributed by atoms with Crippen LogP contribution in [-0.2, 0) is 13.1 Å². The highest BCUT2D eigenvalue weighted by molar-refractivity contribution is 5.30. The number of nitrogens with zero attached hydrogens (tertiary/aromatic N) is 6. The molecular formula is C19H21FN6. The van der Waals surface area contributed by atoms with Gasteiger partial charge in [-0.05, 0) is 17.2 Å². The van der Waals surface area contributed by atoms with Gasteiger partial charge in [0.15, 0.2) is 5.82 Å². The third kappa shape index (κ3) is 4.05. The van der Waals surface area contributed by atoms with Crippen molar-refractivity contribution in [3.63, 3.8) is 0 Å². The number of anilines is 1. The normalized spacial score (nSPS) is 15.3. The van der Waals surface area contributed by atoms with Gasteiger partial charge in [0.1, 0.15) is 0 Å². The molecule has 7 heteroatoms. The van der Waals surface area contributed by atoms with Crippen LogP contribution in [0.1, 0.15) is 11.1 Å². The Morgan fingerprint density at radius 1 is 0.923 bits per heavy atom. The Bertz CT molecular complexity index is 826. The summed E-state index contributed by atoms with van der Waals surface area (Å²) in [4.78, 5) is 12.7. The van der Waals surface area contributed by atoms with Gasteiger partial charge in [-0.1, -0.05) is 24.3 Å². The summed E-state index contributed by atoms with van der Waals surface area (Å²) in [5.41, 5.74) is 2.56. The third-order valence-corrected chi connectivity index (χ3v) is 4.56. The molecule has 4 rings (SSSR count). The van der Waals surface area contributed by atoms with Gasteiger partial charge in [-0.3, -0.25) is 9.58 Å². The van der Waals surface area contributed by atoms with E-state index in [0.717, 1.165) is 39.3 Å². The van der Waals surface area contributed by atoms with E-state index in [1.54, 1.807) is 6.20 Å². The van der Waals surface area contributed by atoms with E-state index in [9.17, 15) is 4.39 Å². The molecule has 0 saturated carbocycles. The summed E-state index contributed by atoms with van der Waals surface area (Å²) in [6.45, 7) is 5.27. The molecule has 1 aliphatic heterocycles. The lowest BCUT2D eigenvalue weighted by Crippen LogP contribution is -2.46. The summed E-state index contributed by atoms with van der Waals surface area (Å²) in [6, 6.07) is 10.6. The van der Waals surface area contributed by atoms with Gasteiger partial charge >= 0.3 is 0 Å². The monoisotopic (exact) mass is 352 g/mol. The Kier molecular flexibility index (Phi) is 4.88. The number of hydrogen-bond acceptors (Lipinski definition) is 5. The lowest BCUT2D eigenvalue weighted by Gasteiger charge is -2.34. The van der Waals surface area contributed by atoms with Crippen LogP contribution in [0, 0.1) is 5.82 Å². The van der Waals surface area contributed by atoms with Gasteiger partial charge in [-0.2, -0.15) is 5.10 Å². The molecule has 0 atom stereocenters. The Balaban J connectivity index is 1.33.